The normalized spacial score (nSPS) is 28.1. The third kappa shape index (κ3) is 2.03. The molecule has 2 aromatic rings. The van der Waals surface area contributed by atoms with Crippen LogP contribution < -0.4 is 0 Å². The van der Waals surface area contributed by atoms with Crippen molar-refractivity contribution in [2.45, 2.75) is 25.4 Å². The average molecular weight is 299 g/mol. The molecule has 3 heterocycles. The molecule has 0 radical (unpaired) electrons. The number of fused-ring (bicyclic) bond motifs is 1. The van der Waals surface area contributed by atoms with Gasteiger partial charge in [-0.3, -0.25) is 9.48 Å². The number of ether oxygens (including phenoxy) is 1. The molecule has 1 aromatic heterocycles. The van der Waals surface area contributed by atoms with Gasteiger partial charge in [0.05, 0.1) is 24.3 Å². The van der Waals surface area contributed by atoms with Gasteiger partial charge < -0.3 is 9.64 Å². The molecule has 2 atom stereocenters. The first kappa shape index (κ1) is 13.8. The van der Waals surface area contributed by atoms with Crippen molar-refractivity contribution in [2.24, 2.45) is 13.0 Å². The summed E-state index contributed by atoms with van der Waals surface area (Å²) in [5, 5.41) is 5.38. The van der Waals surface area contributed by atoms with Gasteiger partial charge in [0.25, 0.3) is 5.91 Å². The zero-order valence-corrected chi connectivity index (χ0v) is 13.1. The third-order valence-electron chi connectivity index (χ3n) is 4.96. The fourth-order valence-corrected chi connectivity index (χ4v) is 3.90. The van der Waals surface area contributed by atoms with Crippen LogP contribution in [0.15, 0.2) is 24.3 Å². The number of hydrogen-bond acceptors (Lipinski definition) is 3. The van der Waals surface area contributed by atoms with E-state index in [9.17, 15) is 4.79 Å². The van der Waals surface area contributed by atoms with Gasteiger partial charge in [0.1, 0.15) is 0 Å². The van der Waals surface area contributed by atoms with Crippen LogP contribution in [0.1, 0.15) is 30.3 Å². The van der Waals surface area contributed by atoms with E-state index >= 15 is 0 Å². The second kappa shape index (κ2) is 4.81. The van der Waals surface area contributed by atoms with Crippen LogP contribution in [0.2, 0.25) is 0 Å². The molecular formula is C17H21N3O2. The van der Waals surface area contributed by atoms with Crippen LogP contribution in [0.5, 0.6) is 0 Å². The molecule has 22 heavy (non-hydrogen) atoms. The molecule has 2 aliphatic rings. The number of carbonyl (C=O) groups excluding carboxylic acids is 1. The standard InChI is InChI=1S/C17H21N3O2/c1-12-9-17(22-10-12)7-8-20(11-17)16(21)15-13-5-3-4-6-14(13)19(2)18-15/h3-6,12H,7-11H2,1-2H3/t12-,17+/m0/s1. The summed E-state index contributed by atoms with van der Waals surface area (Å²) in [6.45, 7) is 4.48. The van der Waals surface area contributed by atoms with Gasteiger partial charge in [-0.2, -0.15) is 5.10 Å². The Labute approximate surface area is 129 Å². The van der Waals surface area contributed by atoms with Gasteiger partial charge in [-0.25, -0.2) is 0 Å². The quantitative estimate of drug-likeness (QED) is 0.811. The molecular weight excluding hydrogens is 278 g/mol. The van der Waals surface area contributed by atoms with E-state index in [4.69, 9.17) is 4.74 Å². The van der Waals surface area contributed by atoms with Crippen LogP contribution in [0.3, 0.4) is 0 Å². The summed E-state index contributed by atoms with van der Waals surface area (Å²) >= 11 is 0. The molecule has 1 amide bonds. The lowest BCUT2D eigenvalue weighted by molar-refractivity contribution is 0.0118. The summed E-state index contributed by atoms with van der Waals surface area (Å²) in [6.07, 6.45) is 1.99. The Bertz CT molecular complexity index is 739. The van der Waals surface area contributed by atoms with Crippen LogP contribution in [-0.2, 0) is 11.8 Å². The molecule has 2 fully saturated rings. The van der Waals surface area contributed by atoms with Crippen LogP contribution in [0.25, 0.3) is 10.9 Å². The maximum Gasteiger partial charge on any atom is 0.275 e. The number of likely N-dealkylation sites (tertiary alicyclic amines) is 1. The number of hydrogen-bond donors (Lipinski definition) is 0. The van der Waals surface area contributed by atoms with Crippen molar-refractivity contribution in [3.05, 3.63) is 30.0 Å². The zero-order chi connectivity index (χ0) is 15.3. The monoisotopic (exact) mass is 299 g/mol. The molecule has 2 aliphatic heterocycles. The number of nitrogens with zero attached hydrogens (tertiary/aromatic N) is 3. The first-order valence-corrected chi connectivity index (χ1v) is 7.93. The number of aromatic nitrogens is 2. The lowest BCUT2D eigenvalue weighted by Gasteiger charge is -2.23. The first-order valence-electron chi connectivity index (χ1n) is 7.93. The third-order valence-corrected chi connectivity index (χ3v) is 4.96. The van der Waals surface area contributed by atoms with Crippen molar-refractivity contribution in [2.75, 3.05) is 19.7 Å². The Balaban J connectivity index is 1.62. The average Bonchev–Trinajstić information content (AvgIpc) is 3.19. The summed E-state index contributed by atoms with van der Waals surface area (Å²) in [7, 11) is 1.88. The Morgan fingerprint density at radius 3 is 3.00 bits per heavy atom. The number of para-hydroxylation sites is 1. The van der Waals surface area contributed by atoms with Crippen molar-refractivity contribution < 1.29 is 9.53 Å². The number of carbonyl (C=O) groups is 1. The summed E-state index contributed by atoms with van der Waals surface area (Å²) in [6, 6.07) is 7.88. The van der Waals surface area contributed by atoms with Crippen LogP contribution >= 0.6 is 0 Å². The SMILES string of the molecule is C[C@@H]1CO[C@]2(CCN(C(=O)c3nn(C)c4ccccc34)C2)C1. The molecule has 4 rings (SSSR count). The van der Waals surface area contributed by atoms with Gasteiger partial charge in [0.2, 0.25) is 0 Å². The maximum atomic E-state index is 12.9. The predicted octanol–water partition coefficient (Wildman–Crippen LogP) is 2.21. The van der Waals surface area contributed by atoms with Gasteiger partial charge in [0.15, 0.2) is 5.69 Å². The van der Waals surface area contributed by atoms with E-state index in [0.29, 0.717) is 18.2 Å². The fourth-order valence-electron chi connectivity index (χ4n) is 3.90. The predicted molar refractivity (Wildman–Crippen MR) is 83.7 cm³/mol. The van der Waals surface area contributed by atoms with E-state index in [2.05, 4.69) is 12.0 Å². The smallest absolute Gasteiger partial charge is 0.275 e. The van der Waals surface area contributed by atoms with Crippen LogP contribution in [-0.4, -0.2) is 45.9 Å². The molecule has 5 heteroatoms. The second-order valence-corrected chi connectivity index (χ2v) is 6.77. The van der Waals surface area contributed by atoms with E-state index in [-0.39, 0.29) is 11.5 Å². The largest absolute Gasteiger partial charge is 0.373 e. The minimum absolute atomic E-state index is 0.0248. The van der Waals surface area contributed by atoms with E-state index in [1.54, 1.807) is 4.68 Å². The van der Waals surface area contributed by atoms with Crippen molar-refractivity contribution in [3.8, 4) is 0 Å². The summed E-state index contributed by atoms with van der Waals surface area (Å²) in [5.74, 6) is 0.613. The molecule has 116 valence electrons. The van der Waals surface area contributed by atoms with Crippen LogP contribution in [0, 0.1) is 5.92 Å². The molecule has 0 unspecified atom stereocenters. The number of benzene rings is 1. The van der Waals surface area contributed by atoms with Gasteiger partial charge in [-0.05, 0) is 24.8 Å². The van der Waals surface area contributed by atoms with Gasteiger partial charge >= 0.3 is 0 Å². The second-order valence-electron chi connectivity index (χ2n) is 6.77. The van der Waals surface area contributed by atoms with Crippen molar-refractivity contribution in [3.63, 3.8) is 0 Å². The highest BCUT2D eigenvalue weighted by molar-refractivity contribution is 6.05. The highest BCUT2D eigenvalue weighted by atomic mass is 16.5. The van der Waals surface area contributed by atoms with E-state index < -0.39 is 0 Å². The Morgan fingerprint density at radius 1 is 1.41 bits per heavy atom. The van der Waals surface area contributed by atoms with E-state index in [1.807, 2.05) is 36.2 Å². The highest BCUT2D eigenvalue weighted by Crippen LogP contribution is 2.38. The Hall–Kier alpha value is -1.88. The Kier molecular flexibility index (Phi) is 3.01. The maximum absolute atomic E-state index is 12.9. The fraction of sp³-hybridized carbons (Fsp3) is 0.529. The number of aryl methyl sites for hydroxylation is 1. The van der Waals surface area contributed by atoms with Gasteiger partial charge in [0, 0.05) is 19.0 Å². The zero-order valence-electron chi connectivity index (χ0n) is 13.1. The van der Waals surface area contributed by atoms with Crippen molar-refractivity contribution >= 4 is 16.8 Å². The molecule has 0 saturated carbocycles. The first-order chi connectivity index (χ1) is 10.6. The van der Waals surface area contributed by atoms with Crippen molar-refractivity contribution in [1.29, 1.82) is 0 Å². The molecule has 1 spiro atoms. The highest BCUT2D eigenvalue weighted by Gasteiger charge is 2.46. The van der Waals surface area contributed by atoms with Crippen LogP contribution in [0.4, 0.5) is 0 Å². The number of rotatable bonds is 1. The Morgan fingerprint density at radius 2 is 2.23 bits per heavy atom. The van der Waals surface area contributed by atoms with E-state index in [1.165, 1.54) is 0 Å². The topological polar surface area (TPSA) is 47.4 Å². The molecule has 0 bridgehead atoms. The molecule has 2 saturated heterocycles. The summed E-state index contributed by atoms with van der Waals surface area (Å²) in [4.78, 5) is 14.8. The lowest BCUT2D eigenvalue weighted by Crippen LogP contribution is -2.36. The summed E-state index contributed by atoms with van der Waals surface area (Å²) < 4.78 is 7.78. The number of amides is 1. The molecule has 0 aliphatic carbocycles. The van der Waals surface area contributed by atoms with Gasteiger partial charge in [-0.15, -0.1) is 0 Å². The van der Waals surface area contributed by atoms with Crippen molar-refractivity contribution in [1.82, 2.24) is 14.7 Å². The molecule has 5 nitrogen and oxygen atoms in total. The van der Waals surface area contributed by atoms with Gasteiger partial charge in [-0.1, -0.05) is 25.1 Å². The lowest BCUT2D eigenvalue weighted by atomic mass is 9.94. The van der Waals surface area contributed by atoms with E-state index in [0.717, 1.165) is 36.9 Å². The summed E-state index contributed by atoms with van der Waals surface area (Å²) in [5.41, 5.74) is 1.44. The minimum Gasteiger partial charge on any atom is -0.373 e. The molecule has 0 N–H and O–H groups in total. The molecule has 1 aromatic carbocycles. The minimum atomic E-state index is -0.111.